The zero-order chi connectivity index (χ0) is 13.8. The Labute approximate surface area is 113 Å². The van der Waals surface area contributed by atoms with Crippen molar-refractivity contribution in [2.24, 2.45) is 4.99 Å². The average molecular weight is 279 g/mol. The van der Waals surface area contributed by atoms with Crippen LogP contribution in [0.25, 0.3) is 0 Å². The Bertz CT molecular complexity index is 642. The predicted molar refractivity (Wildman–Crippen MR) is 71.8 cm³/mol. The fraction of sp³-hybridized carbons (Fsp3) is 0. The maximum Gasteiger partial charge on any atom is 0.281 e. The molecule has 0 heterocycles. The molecule has 2 aromatic rings. The van der Waals surface area contributed by atoms with Crippen LogP contribution in [0.15, 0.2) is 47.5 Å². The summed E-state index contributed by atoms with van der Waals surface area (Å²) in [5, 5.41) is 11.3. The Morgan fingerprint density at radius 3 is 2.53 bits per heavy atom. The van der Waals surface area contributed by atoms with Gasteiger partial charge in [0.1, 0.15) is 11.4 Å². The van der Waals surface area contributed by atoms with Crippen molar-refractivity contribution in [3.8, 4) is 0 Å². The lowest BCUT2D eigenvalue weighted by Gasteiger charge is -1.99. The van der Waals surface area contributed by atoms with Crippen LogP contribution in [-0.2, 0) is 0 Å². The highest BCUT2D eigenvalue weighted by Crippen LogP contribution is 2.21. The summed E-state index contributed by atoms with van der Waals surface area (Å²) in [6.45, 7) is 0. The lowest BCUT2D eigenvalue weighted by molar-refractivity contribution is -0.385. The van der Waals surface area contributed by atoms with Crippen LogP contribution in [0.4, 0.5) is 15.8 Å². The van der Waals surface area contributed by atoms with E-state index in [2.05, 4.69) is 4.99 Å². The number of halogens is 2. The van der Waals surface area contributed by atoms with Crippen molar-refractivity contribution in [3.05, 3.63) is 69.0 Å². The summed E-state index contributed by atoms with van der Waals surface area (Å²) < 4.78 is 13.6. The summed E-state index contributed by atoms with van der Waals surface area (Å²) in [4.78, 5) is 14.1. The second-order valence-corrected chi connectivity index (χ2v) is 4.10. The average Bonchev–Trinajstić information content (AvgIpc) is 2.39. The Morgan fingerprint density at radius 1 is 1.21 bits per heavy atom. The lowest BCUT2D eigenvalue weighted by Crippen LogP contribution is -1.97. The largest absolute Gasteiger partial charge is 0.281 e. The van der Waals surface area contributed by atoms with Crippen LogP contribution >= 0.6 is 11.6 Å². The monoisotopic (exact) mass is 278 g/mol. The molecule has 96 valence electrons. The van der Waals surface area contributed by atoms with E-state index < -0.39 is 10.7 Å². The number of aliphatic imine (C=N–C) groups is 1. The van der Waals surface area contributed by atoms with Gasteiger partial charge in [-0.25, -0.2) is 4.39 Å². The topological polar surface area (TPSA) is 55.5 Å². The summed E-state index contributed by atoms with van der Waals surface area (Å²) >= 11 is 5.72. The quantitative estimate of drug-likeness (QED) is 0.481. The first-order valence-corrected chi connectivity index (χ1v) is 5.68. The fourth-order valence-corrected chi connectivity index (χ4v) is 1.60. The van der Waals surface area contributed by atoms with Crippen molar-refractivity contribution in [2.75, 3.05) is 0 Å². The van der Waals surface area contributed by atoms with Crippen LogP contribution in [-0.4, -0.2) is 11.1 Å². The normalized spacial score (nSPS) is 10.8. The molecular weight excluding hydrogens is 271 g/mol. The predicted octanol–water partition coefficient (Wildman–Crippen LogP) is 4.14. The summed E-state index contributed by atoms with van der Waals surface area (Å²) in [5.74, 6) is -0.688. The van der Waals surface area contributed by atoms with Crippen LogP contribution in [0.5, 0.6) is 0 Å². The maximum absolute atomic E-state index is 13.6. The number of hydrogen-bond acceptors (Lipinski definition) is 3. The van der Waals surface area contributed by atoms with Gasteiger partial charge in [0.15, 0.2) is 0 Å². The zero-order valence-electron chi connectivity index (χ0n) is 9.59. The molecule has 0 fully saturated rings. The minimum atomic E-state index is -0.688. The summed E-state index contributed by atoms with van der Waals surface area (Å²) in [6.07, 6.45) is 1.14. The third-order valence-electron chi connectivity index (χ3n) is 2.40. The Hall–Kier alpha value is -2.27. The number of nitro groups is 1. The molecule has 2 rings (SSSR count). The van der Waals surface area contributed by atoms with Gasteiger partial charge in [0.2, 0.25) is 0 Å². The van der Waals surface area contributed by atoms with E-state index in [0.29, 0.717) is 10.7 Å². The molecule has 0 aliphatic heterocycles. The molecule has 0 saturated carbocycles. The first-order valence-electron chi connectivity index (χ1n) is 5.30. The zero-order valence-corrected chi connectivity index (χ0v) is 10.3. The molecular formula is C13H8ClFN2O2. The lowest BCUT2D eigenvalue weighted by atomic mass is 10.2. The van der Waals surface area contributed by atoms with Gasteiger partial charge in [0.25, 0.3) is 5.69 Å². The van der Waals surface area contributed by atoms with Crippen molar-refractivity contribution in [3.63, 3.8) is 0 Å². The Balaban J connectivity index is 2.37. The molecule has 0 unspecified atom stereocenters. The molecule has 0 spiro atoms. The second kappa shape index (κ2) is 5.58. The molecule has 2 aromatic carbocycles. The van der Waals surface area contributed by atoms with E-state index in [4.69, 9.17) is 11.6 Å². The minimum absolute atomic E-state index is 0.151. The Kier molecular flexibility index (Phi) is 3.87. The van der Waals surface area contributed by atoms with Crippen molar-refractivity contribution in [1.29, 1.82) is 0 Å². The molecule has 0 radical (unpaired) electrons. The van der Waals surface area contributed by atoms with Crippen LogP contribution in [0.3, 0.4) is 0 Å². The smallest absolute Gasteiger partial charge is 0.258 e. The van der Waals surface area contributed by atoms with E-state index in [0.717, 1.165) is 12.3 Å². The molecule has 0 aliphatic rings. The molecule has 0 amide bonds. The van der Waals surface area contributed by atoms with Crippen LogP contribution in [0, 0.1) is 15.9 Å². The van der Waals surface area contributed by atoms with Crippen LogP contribution < -0.4 is 0 Å². The van der Waals surface area contributed by atoms with Gasteiger partial charge in [-0.1, -0.05) is 17.7 Å². The van der Waals surface area contributed by atoms with Gasteiger partial charge in [-0.2, -0.15) is 0 Å². The molecule has 4 nitrogen and oxygen atoms in total. The number of rotatable bonds is 3. The van der Waals surface area contributed by atoms with Crippen LogP contribution in [0.2, 0.25) is 5.02 Å². The standard InChI is InChI=1S/C13H8ClFN2O2/c14-9-4-6-10(7-5-9)16-8-11-12(15)2-1-3-13(11)17(18)19/h1-8H. The van der Waals surface area contributed by atoms with Gasteiger partial charge in [-0.15, -0.1) is 0 Å². The highest BCUT2D eigenvalue weighted by Gasteiger charge is 2.15. The van der Waals surface area contributed by atoms with Gasteiger partial charge in [0, 0.05) is 17.3 Å². The van der Waals surface area contributed by atoms with Gasteiger partial charge in [-0.3, -0.25) is 15.1 Å². The first kappa shape index (κ1) is 13.2. The fourth-order valence-electron chi connectivity index (χ4n) is 1.48. The molecule has 0 aromatic heterocycles. The highest BCUT2D eigenvalue weighted by atomic mass is 35.5. The molecule has 0 aliphatic carbocycles. The molecule has 0 bridgehead atoms. The van der Waals surface area contributed by atoms with Gasteiger partial charge in [0.05, 0.1) is 10.6 Å². The van der Waals surface area contributed by atoms with Crippen LogP contribution in [0.1, 0.15) is 5.56 Å². The van der Waals surface area contributed by atoms with E-state index in [9.17, 15) is 14.5 Å². The summed E-state index contributed by atoms with van der Waals surface area (Å²) in [6, 6.07) is 10.2. The van der Waals surface area contributed by atoms with E-state index in [1.165, 1.54) is 12.1 Å². The van der Waals surface area contributed by atoms with Crippen molar-refractivity contribution in [1.82, 2.24) is 0 Å². The first-order chi connectivity index (χ1) is 9.08. The minimum Gasteiger partial charge on any atom is -0.258 e. The SMILES string of the molecule is O=[N+]([O-])c1cccc(F)c1C=Nc1ccc(Cl)cc1. The maximum atomic E-state index is 13.6. The highest BCUT2D eigenvalue weighted by molar-refractivity contribution is 6.30. The Morgan fingerprint density at radius 2 is 1.89 bits per heavy atom. The number of nitro benzene ring substituents is 1. The number of benzene rings is 2. The molecule has 19 heavy (non-hydrogen) atoms. The van der Waals surface area contributed by atoms with E-state index >= 15 is 0 Å². The van der Waals surface area contributed by atoms with E-state index in [1.807, 2.05) is 0 Å². The third-order valence-corrected chi connectivity index (χ3v) is 2.65. The molecule has 0 atom stereocenters. The van der Waals surface area contributed by atoms with E-state index in [1.54, 1.807) is 24.3 Å². The van der Waals surface area contributed by atoms with Crippen molar-refractivity contribution < 1.29 is 9.31 Å². The molecule has 0 N–H and O–H groups in total. The second-order valence-electron chi connectivity index (χ2n) is 3.66. The summed E-state index contributed by atoms with van der Waals surface area (Å²) in [7, 11) is 0. The third kappa shape index (κ3) is 3.14. The van der Waals surface area contributed by atoms with E-state index in [-0.39, 0.29) is 11.3 Å². The van der Waals surface area contributed by atoms with Gasteiger partial charge in [-0.05, 0) is 30.3 Å². The molecule has 6 heteroatoms. The number of nitrogens with zero attached hydrogens (tertiary/aromatic N) is 2. The summed E-state index contributed by atoms with van der Waals surface area (Å²) in [5.41, 5.74) is 0.0575. The van der Waals surface area contributed by atoms with Gasteiger partial charge >= 0.3 is 0 Å². The number of hydrogen-bond donors (Lipinski definition) is 0. The van der Waals surface area contributed by atoms with Crippen molar-refractivity contribution >= 4 is 29.2 Å². The molecule has 0 saturated heterocycles. The van der Waals surface area contributed by atoms with Crippen molar-refractivity contribution in [2.45, 2.75) is 0 Å². The van der Waals surface area contributed by atoms with Gasteiger partial charge < -0.3 is 0 Å².